The molecule has 0 fully saturated rings. The van der Waals surface area contributed by atoms with Crippen molar-refractivity contribution in [2.75, 3.05) is 19.8 Å². The lowest BCUT2D eigenvalue weighted by atomic mass is 10.1. The van der Waals surface area contributed by atoms with Crippen LogP contribution in [0.3, 0.4) is 0 Å². The Morgan fingerprint density at radius 1 is 0.387 bits per heavy atom. The van der Waals surface area contributed by atoms with Crippen LogP contribution in [-0.4, -0.2) is 37.9 Å². The largest absolute Gasteiger partial charge is 0.462 e. The topological polar surface area (TPSA) is 61.8 Å². The fourth-order valence-electron chi connectivity index (χ4n) is 6.09. The Balaban J connectivity index is 4.51. The van der Waals surface area contributed by atoms with E-state index in [0.29, 0.717) is 13.0 Å². The maximum Gasteiger partial charge on any atom is 0.310 e. The molecule has 0 amide bonds. The molecule has 5 heteroatoms. The lowest BCUT2D eigenvalue weighted by Crippen LogP contribution is -2.29. The number of hydrogen-bond acceptors (Lipinski definition) is 5. The van der Waals surface area contributed by atoms with Crippen molar-refractivity contribution in [2.24, 2.45) is 0 Å². The first-order valence-corrected chi connectivity index (χ1v) is 24.7. The molecule has 0 heterocycles. The highest BCUT2D eigenvalue weighted by molar-refractivity contribution is 5.71. The highest BCUT2D eigenvalue weighted by atomic mass is 16.6. The highest BCUT2D eigenvalue weighted by Crippen LogP contribution is 2.12. The Morgan fingerprint density at radius 2 is 0.774 bits per heavy atom. The lowest BCUT2D eigenvalue weighted by Gasteiger charge is -2.18. The van der Waals surface area contributed by atoms with Crippen molar-refractivity contribution in [1.29, 1.82) is 0 Å². The molecule has 0 N–H and O–H groups in total. The molecule has 0 aromatic heterocycles. The van der Waals surface area contributed by atoms with Gasteiger partial charge in [0.05, 0.1) is 13.0 Å². The predicted molar refractivity (Wildman–Crippen MR) is 269 cm³/mol. The quantitative estimate of drug-likeness (QED) is 0.0347. The van der Waals surface area contributed by atoms with Crippen LogP contribution in [0.4, 0.5) is 0 Å². The summed E-state index contributed by atoms with van der Waals surface area (Å²) in [6.07, 6.45) is 73.5. The van der Waals surface area contributed by atoms with Crippen molar-refractivity contribution in [3.8, 4) is 0 Å². The van der Waals surface area contributed by atoms with E-state index >= 15 is 0 Å². The Labute approximate surface area is 381 Å². The number of unbranched alkanes of at least 4 members (excludes halogenated alkanes) is 11. The van der Waals surface area contributed by atoms with Gasteiger partial charge in [0.15, 0.2) is 6.10 Å². The average Bonchev–Trinajstić information content (AvgIpc) is 3.27. The summed E-state index contributed by atoms with van der Waals surface area (Å²) in [5.74, 6) is -0.594. The first kappa shape index (κ1) is 58.0. The van der Waals surface area contributed by atoms with Gasteiger partial charge in [0.2, 0.25) is 0 Å². The van der Waals surface area contributed by atoms with E-state index in [1.54, 1.807) is 0 Å². The summed E-state index contributed by atoms with van der Waals surface area (Å²) < 4.78 is 17.2. The Morgan fingerprint density at radius 3 is 1.24 bits per heavy atom. The molecule has 0 aromatic rings. The van der Waals surface area contributed by atoms with Crippen LogP contribution in [0.5, 0.6) is 0 Å². The fourth-order valence-corrected chi connectivity index (χ4v) is 6.09. The SMILES string of the molecule is CC/C=C\C/C=C\C/C=C\C/C=C\C/C=C\CC(=O)OC(COCCC/C=C\C/C=C\C/C=C\C/C=C\CC)COC(=O)CCCCCCCCC/C=C\C/C=C\CCCCC. The van der Waals surface area contributed by atoms with Gasteiger partial charge in [0.25, 0.3) is 0 Å². The standard InChI is InChI=1S/C57H90O5/c1-4-7-10-13-16-19-22-25-28-29-31-32-35-38-41-44-47-50-56(58)61-54-55(53-60-52-49-46-43-40-37-34-27-24-21-18-15-12-9-6-3)62-57(59)51-48-45-42-39-36-33-30-26-23-20-17-14-11-8-5-2/h8-9,11-12,16-21,25-28,30,34,36,39-40,43,45,48,55H,4-7,10,13-15,22-24,29,31-33,35,37-38,41-42,44,46-47,49-54H2,1-3H3/b11-8-,12-9-,19-16-,20-17-,21-18-,28-25-,30-26-,34-27-,39-36-,43-40-,48-45-. The zero-order valence-electron chi connectivity index (χ0n) is 39.8. The first-order valence-electron chi connectivity index (χ1n) is 24.7. The van der Waals surface area contributed by atoms with Gasteiger partial charge in [-0.25, -0.2) is 0 Å². The third-order valence-corrected chi connectivity index (χ3v) is 9.68. The van der Waals surface area contributed by atoms with Crippen molar-refractivity contribution in [3.05, 3.63) is 134 Å². The van der Waals surface area contributed by atoms with E-state index in [9.17, 15) is 9.59 Å². The normalized spacial score (nSPS) is 13.4. The molecule has 348 valence electrons. The lowest BCUT2D eigenvalue weighted by molar-refractivity contribution is -0.162. The van der Waals surface area contributed by atoms with Crippen LogP contribution in [-0.2, 0) is 23.8 Å². The van der Waals surface area contributed by atoms with E-state index in [-0.39, 0.29) is 31.6 Å². The molecule has 62 heavy (non-hydrogen) atoms. The molecule has 0 aliphatic heterocycles. The van der Waals surface area contributed by atoms with Crippen molar-refractivity contribution >= 4 is 11.9 Å². The molecule has 0 spiro atoms. The summed E-state index contributed by atoms with van der Waals surface area (Å²) in [5, 5.41) is 0. The number of hydrogen-bond donors (Lipinski definition) is 0. The van der Waals surface area contributed by atoms with Crippen LogP contribution < -0.4 is 0 Å². The second-order valence-corrected chi connectivity index (χ2v) is 15.6. The number of ether oxygens (including phenoxy) is 3. The van der Waals surface area contributed by atoms with Crippen LogP contribution in [0.25, 0.3) is 0 Å². The molecular weight excluding hydrogens is 765 g/mol. The van der Waals surface area contributed by atoms with Crippen LogP contribution in [0.15, 0.2) is 134 Å². The number of carbonyl (C=O) groups excluding carboxylic acids is 2. The summed E-state index contributed by atoms with van der Waals surface area (Å²) >= 11 is 0. The maximum absolute atomic E-state index is 12.7. The first-order chi connectivity index (χ1) is 30.6. The third kappa shape index (κ3) is 48.7. The molecule has 0 aromatic carbocycles. The molecule has 0 saturated heterocycles. The van der Waals surface area contributed by atoms with E-state index in [1.807, 2.05) is 12.2 Å². The van der Waals surface area contributed by atoms with Crippen molar-refractivity contribution < 1.29 is 23.8 Å². The number of rotatable bonds is 43. The summed E-state index contributed by atoms with van der Waals surface area (Å²) in [6, 6.07) is 0. The molecular formula is C57H90O5. The predicted octanol–water partition coefficient (Wildman–Crippen LogP) is 16.8. The van der Waals surface area contributed by atoms with E-state index < -0.39 is 6.10 Å². The van der Waals surface area contributed by atoms with Gasteiger partial charge in [0, 0.05) is 13.0 Å². The maximum atomic E-state index is 12.7. The van der Waals surface area contributed by atoms with Gasteiger partial charge >= 0.3 is 11.9 Å². The van der Waals surface area contributed by atoms with Gasteiger partial charge in [-0.3, -0.25) is 9.59 Å². The van der Waals surface area contributed by atoms with Gasteiger partial charge in [-0.2, -0.15) is 0 Å². The molecule has 0 radical (unpaired) electrons. The van der Waals surface area contributed by atoms with Gasteiger partial charge in [-0.05, 0) is 109 Å². The second-order valence-electron chi connectivity index (χ2n) is 15.6. The minimum Gasteiger partial charge on any atom is -0.462 e. The third-order valence-electron chi connectivity index (χ3n) is 9.68. The molecule has 1 unspecified atom stereocenters. The summed E-state index contributed by atoms with van der Waals surface area (Å²) in [6.45, 7) is 7.29. The smallest absolute Gasteiger partial charge is 0.310 e. The number of carbonyl (C=O) groups is 2. The molecule has 0 bridgehead atoms. The van der Waals surface area contributed by atoms with E-state index in [2.05, 4.69) is 142 Å². The highest BCUT2D eigenvalue weighted by Gasteiger charge is 2.17. The van der Waals surface area contributed by atoms with E-state index in [0.717, 1.165) is 103 Å². The average molecular weight is 855 g/mol. The minimum absolute atomic E-state index is 0.0107. The second kappa shape index (κ2) is 51.4. The fraction of sp³-hybridized carbons (Fsp3) is 0.579. The summed E-state index contributed by atoms with van der Waals surface area (Å²) in [7, 11) is 0. The zero-order chi connectivity index (χ0) is 44.9. The number of esters is 2. The van der Waals surface area contributed by atoms with Crippen LogP contribution in [0, 0.1) is 0 Å². The molecule has 0 rings (SSSR count). The van der Waals surface area contributed by atoms with E-state index in [4.69, 9.17) is 14.2 Å². The molecule has 1 atom stereocenters. The summed E-state index contributed by atoms with van der Waals surface area (Å²) in [4.78, 5) is 25.3. The van der Waals surface area contributed by atoms with E-state index in [1.165, 1.54) is 51.4 Å². The Bertz CT molecular complexity index is 1330. The van der Waals surface area contributed by atoms with Gasteiger partial charge in [-0.1, -0.05) is 199 Å². The summed E-state index contributed by atoms with van der Waals surface area (Å²) in [5.41, 5.74) is 0. The monoisotopic (exact) mass is 855 g/mol. The Kier molecular flexibility index (Phi) is 48.1. The number of allylic oxidation sites excluding steroid dienone is 21. The minimum atomic E-state index is -0.631. The van der Waals surface area contributed by atoms with Crippen molar-refractivity contribution in [3.63, 3.8) is 0 Å². The van der Waals surface area contributed by atoms with Crippen molar-refractivity contribution in [2.45, 2.75) is 194 Å². The van der Waals surface area contributed by atoms with Crippen LogP contribution in [0.1, 0.15) is 188 Å². The van der Waals surface area contributed by atoms with Crippen molar-refractivity contribution in [1.82, 2.24) is 0 Å². The van der Waals surface area contributed by atoms with Gasteiger partial charge in [-0.15, -0.1) is 0 Å². The molecule has 5 nitrogen and oxygen atoms in total. The van der Waals surface area contributed by atoms with Crippen LogP contribution >= 0.6 is 0 Å². The Hall–Kier alpha value is -3.96. The zero-order valence-corrected chi connectivity index (χ0v) is 39.8. The van der Waals surface area contributed by atoms with Gasteiger partial charge in [0.1, 0.15) is 6.61 Å². The molecule has 0 saturated carbocycles. The molecule has 0 aliphatic carbocycles. The van der Waals surface area contributed by atoms with Crippen LogP contribution in [0.2, 0.25) is 0 Å². The van der Waals surface area contributed by atoms with Gasteiger partial charge < -0.3 is 14.2 Å². The molecule has 0 aliphatic rings.